The van der Waals surface area contributed by atoms with Gasteiger partial charge in [0, 0.05) is 19.6 Å². The lowest BCUT2D eigenvalue weighted by Crippen LogP contribution is -2.44. The summed E-state index contributed by atoms with van der Waals surface area (Å²) in [6.45, 7) is 2.06. The summed E-state index contributed by atoms with van der Waals surface area (Å²) in [5.74, 6) is -0.849. The van der Waals surface area contributed by atoms with Crippen LogP contribution in [0.15, 0.2) is 28.8 Å². The molecule has 156 valence electrons. The first-order chi connectivity index (χ1) is 13.3. The molecule has 29 heavy (non-hydrogen) atoms. The van der Waals surface area contributed by atoms with Gasteiger partial charge in [-0.3, -0.25) is 4.90 Å². The van der Waals surface area contributed by atoms with Crippen molar-refractivity contribution in [3.05, 3.63) is 41.6 Å². The van der Waals surface area contributed by atoms with E-state index in [1.807, 2.05) is 11.9 Å². The molecule has 13 heteroatoms. The van der Waals surface area contributed by atoms with Crippen LogP contribution < -0.4 is 5.32 Å². The number of rotatable bonds is 3. The van der Waals surface area contributed by atoms with Crippen LogP contribution in [-0.4, -0.2) is 56.7 Å². The zero-order valence-electron chi connectivity index (χ0n) is 15.0. The third-order valence-corrected chi connectivity index (χ3v) is 4.44. The second kappa shape index (κ2) is 8.05. The molecule has 8 nitrogen and oxygen atoms in total. The van der Waals surface area contributed by atoms with Crippen LogP contribution in [0.25, 0.3) is 17.3 Å². The highest BCUT2D eigenvalue weighted by Crippen LogP contribution is 2.37. The Hall–Kier alpha value is -2.57. The van der Waals surface area contributed by atoms with Gasteiger partial charge in [0.15, 0.2) is 17.2 Å². The highest BCUT2D eigenvalue weighted by molar-refractivity contribution is 5.85. The zero-order valence-corrected chi connectivity index (χ0v) is 15.8. The van der Waals surface area contributed by atoms with Gasteiger partial charge >= 0.3 is 6.18 Å². The summed E-state index contributed by atoms with van der Waals surface area (Å²) in [6, 6.07) is 4.38. The van der Waals surface area contributed by atoms with E-state index in [-0.39, 0.29) is 30.0 Å². The number of likely N-dealkylation sites (N-methyl/N-ethyl adjacent to an activating group) is 1. The number of aromatic nitrogens is 5. The zero-order chi connectivity index (χ0) is 19.9. The molecule has 1 N–H and O–H groups in total. The Morgan fingerprint density at radius 3 is 2.76 bits per heavy atom. The van der Waals surface area contributed by atoms with Gasteiger partial charge in [-0.2, -0.15) is 18.2 Å². The first-order valence-electron chi connectivity index (χ1n) is 8.38. The van der Waals surface area contributed by atoms with E-state index in [1.54, 1.807) is 0 Å². The average molecular weight is 434 g/mol. The summed E-state index contributed by atoms with van der Waals surface area (Å²) >= 11 is 0. The van der Waals surface area contributed by atoms with E-state index in [2.05, 4.69) is 25.8 Å². The van der Waals surface area contributed by atoms with E-state index in [0.29, 0.717) is 11.2 Å². The van der Waals surface area contributed by atoms with Gasteiger partial charge in [0.05, 0.1) is 11.7 Å². The van der Waals surface area contributed by atoms with Crippen LogP contribution in [0, 0.1) is 5.82 Å². The predicted octanol–water partition coefficient (Wildman–Crippen LogP) is 2.47. The van der Waals surface area contributed by atoms with E-state index < -0.39 is 29.3 Å². The maximum absolute atomic E-state index is 13.7. The fourth-order valence-electron chi connectivity index (χ4n) is 3.03. The maximum atomic E-state index is 13.7. The molecule has 3 aromatic rings. The molecule has 0 spiro atoms. The van der Waals surface area contributed by atoms with Crippen LogP contribution in [0.5, 0.6) is 0 Å². The SMILES string of the molecule is CN1CCNCC1c1noc(-c2nnn(-c3cccc(F)c3)c2C(F)(F)F)n1.Cl. The first-order valence-corrected chi connectivity index (χ1v) is 8.38. The maximum Gasteiger partial charge on any atom is 0.435 e. The molecule has 1 aliphatic rings. The van der Waals surface area contributed by atoms with E-state index in [1.165, 1.54) is 12.1 Å². The Labute approximate surface area is 168 Å². The molecule has 1 saturated heterocycles. The molecule has 0 bridgehead atoms. The Kier molecular flexibility index (Phi) is 5.87. The number of piperazine rings is 1. The number of nitrogens with zero attached hydrogens (tertiary/aromatic N) is 6. The van der Waals surface area contributed by atoms with E-state index in [4.69, 9.17) is 4.52 Å². The Morgan fingerprint density at radius 1 is 1.28 bits per heavy atom. The Balaban J connectivity index is 0.00000240. The number of hydrogen-bond acceptors (Lipinski definition) is 7. The standard InChI is InChI=1S/C16H15F4N7O.ClH/c1-26-6-5-21-8-11(26)14-22-15(28-24-14)12-13(16(18,19)20)27(25-23-12)10-4-2-3-9(17)7-10;/h2-4,7,11,21H,5-6,8H2,1H3;1H. The van der Waals surface area contributed by atoms with Crippen molar-refractivity contribution in [3.63, 3.8) is 0 Å². The summed E-state index contributed by atoms with van der Waals surface area (Å²) in [7, 11) is 1.86. The lowest BCUT2D eigenvalue weighted by Gasteiger charge is -2.30. The molecule has 4 rings (SSSR count). The first kappa shape index (κ1) is 21.1. The number of nitrogens with one attached hydrogen (secondary N) is 1. The van der Waals surface area contributed by atoms with Crippen LogP contribution in [0.4, 0.5) is 17.6 Å². The third-order valence-electron chi connectivity index (χ3n) is 4.44. The minimum Gasteiger partial charge on any atom is -0.332 e. The molecule has 0 aliphatic carbocycles. The predicted molar refractivity (Wildman–Crippen MR) is 95.1 cm³/mol. The smallest absolute Gasteiger partial charge is 0.332 e. The molecular formula is C16H16ClF4N7O. The molecular weight excluding hydrogens is 418 g/mol. The lowest BCUT2D eigenvalue weighted by atomic mass is 10.2. The molecule has 1 fully saturated rings. The third kappa shape index (κ3) is 4.09. The van der Waals surface area contributed by atoms with Gasteiger partial charge in [0.1, 0.15) is 5.82 Å². The monoisotopic (exact) mass is 433 g/mol. The van der Waals surface area contributed by atoms with Crippen molar-refractivity contribution in [2.24, 2.45) is 0 Å². The molecule has 3 heterocycles. The van der Waals surface area contributed by atoms with Crippen molar-refractivity contribution in [2.45, 2.75) is 12.2 Å². The second-order valence-corrected chi connectivity index (χ2v) is 6.33. The quantitative estimate of drug-likeness (QED) is 0.635. The van der Waals surface area contributed by atoms with Crippen molar-refractivity contribution < 1.29 is 22.1 Å². The van der Waals surface area contributed by atoms with Crippen LogP contribution in [-0.2, 0) is 6.18 Å². The molecule has 0 radical (unpaired) electrons. The van der Waals surface area contributed by atoms with E-state index in [9.17, 15) is 17.6 Å². The van der Waals surface area contributed by atoms with Gasteiger partial charge < -0.3 is 9.84 Å². The van der Waals surface area contributed by atoms with Crippen molar-refractivity contribution in [3.8, 4) is 17.3 Å². The molecule has 1 atom stereocenters. The van der Waals surface area contributed by atoms with Gasteiger partial charge in [0.25, 0.3) is 5.89 Å². The Morgan fingerprint density at radius 2 is 2.07 bits per heavy atom. The summed E-state index contributed by atoms with van der Waals surface area (Å²) in [6.07, 6.45) is -4.83. The summed E-state index contributed by atoms with van der Waals surface area (Å²) in [4.78, 5) is 6.08. The lowest BCUT2D eigenvalue weighted by molar-refractivity contribution is -0.142. The van der Waals surface area contributed by atoms with Crippen LogP contribution in [0.1, 0.15) is 17.6 Å². The van der Waals surface area contributed by atoms with Crippen molar-refractivity contribution in [1.82, 2.24) is 35.4 Å². The van der Waals surface area contributed by atoms with Gasteiger partial charge in [-0.1, -0.05) is 16.4 Å². The van der Waals surface area contributed by atoms with E-state index in [0.717, 1.165) is 25.2 Å². The van der Waals surface area contributed by atoms with Crippen LogP contribution >= 0.6 is 12.4 Å². The Bertz CT molecular complexity index is 990. The molecule has 0 saturated carbocycles. The van der Waals surface area contributed by atoms with Gasteiger partial charge in [-0.15, -0.1) is 17.5 Å². The highest BCUT2D eigenvalue weighted by atomic mass is 35.5. The number of halogens is 5. The number of benzene rings is 1. The molecule has 1 aromatic carbocycles. The molecule has 2 aromatic heterocycles. The molecule has 0 amide bonds. The summed E-state index contributed by atoms with van der Waals surface area (Å²) < 4.78 is 60.2. The largest absolute Gasteiger partial charge is 0.435 e. The minimum absolute atomic E-state index is 0. The summed E-state index contributed by atoms with van der Waals surface area (Å²) in [5, 5.41) is 14.1. The van der Waals surface area contributed by atoms with Gasteiger partial charge in [0.2, 0.25) is 0 Å². The van der Waals surface area contributed by atoms with Gasteiger partial charge in [-0.25, -0.2) is 9.07 Å². The number of hydrogen-bond donors (Lipinski definition) is 1. The average Bonchev–Trinajstić information content (AvgIpc) is 3.29. The normalized spacial score (nSPS) is 17.9. The minimum atomic E-state index is -4.83. The molecule has 1 aliphatic heterocycles. The fourth-order valence-corrected chi connectivity index (χ4v) is 3.03. The highest BCUT2D eigenvalue weighted by Gasteiger charge is 2.42. The van der Waals surface area contributed by atoms with Crippen molar-refractivity contribution in [1.29, 1.82) is 0 Å². The van der Waals surface area contributed by atoms with Gasteiger partial charge in [-0.05, 0) is 25.2 Å². The van der Waals surface area contributed by atoms with Crippen molar-refractivity contribution >= 4 is 12.4 Å². The summed E-state index contributed by atoms with van der Waals surface area (Å²) in [5.41, 5.74) is -1.95. The van der Waals surface area contributed by atoms with Crippen molar-refractivity contribution in [2.75, 3.05) is 26.7 Å². The van der Waals surface area contributed by atoms with Crippen LogP contribution in [0.3, 0.4) is 0 Å². The second-order valence-electron chi connectivity index (χ2n) is 6.33. The molecule has 1 unspecified atom stereocenters. The fraction of sp³-hybridized carbons (Fsp3) is 0.375. The number of alkyl halides is 3. The topological polar surface area (TPSA) is 84.9 Å². The van der Waals surface area contributed by atoms with E-state index >= 15 is 0 Å². The van der Waals surface area contributed by atoms with Crippen LogP contribution in [0.2, 0.25) is 0 Å².